The van der Waals surface area contributed by atoms with E-state index in [-0.39, 0.29) is 6.61 Å². The number of carbonyl (C=O) groups is 1. The molecule has 0 atom stereocenters. The molecule has 1 aromatic carbocycles. The number of rotatable bonds is 6. The second-order valence-electron chi connectivity index (χ2n) is 6.90. The number of fused-ring (bicyclic) bond motifs is 2. The number of likely N-dealkylation sites (tertiary alicyclic amines) is 1. The number of benzene rings is 1. The number of aliphatic carboxylic acids is 1. The molecule has 8 heteroatoms. The van der Waals surface area contributed by atoms with Gasteiger partial charge in [-0.05, 0) is 49.5 Å². The summed E-state index contributed by atoms with van der Waals surface area (Å²) in [4.78, 5) is 22.8. The molecule has 2 N–H and O–H groups in total. The Kier molecular flexibility index (Phi) is 5.56. The summed E-state index contributed by atoms with van der Waals surface area (Å²) in [7, 11) is 0. The van der Waals surface area contributed by atoms with E-state index in [4.69, 9.17) is 9.84 Å². The summed E-state index contributed by atoms with van der Waals surface area (Å²) in [6.45, 7) is 3.27. The van der Waals surface area contributed by atoms with Crippen molar-refractivity contribution in [1.82, 2.24) is 14.9 Å². The smallest absolute Gasteiger partial charge is 0.329 e. The molecule has 142 valence electrons. The van der Waals surface area contributed by atoms with E-state index in [0.29, 0.717) is 12.5 Å². The molecule has 0 bridgehead atoms. The monoisotopic (exact) mass is 386 g/mol. The molecule has 2 aliphatic heterocycles. The third kappa shape index (κ3) is 4.58. The van der Waals surface area contributed by atoms with Crippen LogP contribution in [0.4, 0.5) is 11.5 Å². The van der Waals surface area contributed by atoms with Crippen molar-refractivity contribution in [2.45, 2.75) is 29.3 Å². The summed E-state index contributed by atoms with van der Waals surface area (Å²) < 4.78 is 5.24. The van der Waals surface area contributed by atoms with Crippen molar-refractivity contribution < 1.29 is 14.6 Å². The van der Waals surface area contributed by atoms with E-state index < -0.39 is 5.97 Å². The Morgan fingerprint density at radius 3 is 2.93 bits per heavy atom. The second-order valence-corrected chi connectivity index (χ2v) is 7.93. The van der Waals surface area contributed by atoms with Gasteiger partial charge >= 0.3 is 5.97 Å². The summed E-state index contributed by atoms with van der Waals surface area (Å²) in [6, 6.07) is 6.52. The zero-order valence-electron chi connectivity index (χ0n) is 14.9. The highest BCUT2D eigenvalue weighted by atomic mass is 32.2. The Bertz CT molecular complexity index is 824. The molecule has 0 unspecified atom stereocenters. The van der Waals surface area contributed by atoms with Crippen molar-refractivity contribution in [3.8, 4) is 0 Å². The Morgan fingerprint density at radius 1 is 1.30 bits per heavy atom. The molecule has 1 aromatic heterocycles. The largest absolute Gasteiger partial charge is 0.480 e. The van der Waals surface area contributed by atoms with E-state index in [1.165, 1.54) is 10.5 Å². The Balaban J connectivity index is 1.31. The van der Waals surface area contributed by atoms with Gasteiger partial charge in [0.25, 0.3) is 0 Å². The number of nitrogens with zero attached hydrogens (tertiary/aromatic N) is 3. The molecule has 0 spiro atoms. The maximum absolute atomic E-state index is 10.5. The minimum Gasteiger partial charge on any atom is -0.480 e. The quantitative estimate of drug-likeness (QED) is 0.668. The number of aromatic nitrogens is 2. The standard InChI is InChI=1S/C19H22N4O3S/c24-17(25)12-26-11-13-3-7-23(8-4-13)10-14-1-2-16-15(9-14)22-18-19(27-16)21-6-5-20-18/h1-2,5-6,9,13H,3-4,7-8,10-12H2,(H,20,22)(H,24,25). The highest BCUT2D eigenvalue weighted by molar-refractivity contribution is 7.99. The number of ether oxygens (including phenoxy) is 1. The summed E-state index contributed by atoms with van der Waals surface area (Å²) in [6.07, 6.45) is 5.50. The average molecular weight is 386 g/mol. The van der Waals surface area contributed by atoms with Crippen molar-refractivity contribution in [3.05, 3.63) is 36.2 Å². The maximum atomic E-state index is 10.5. The van der Waals surface area contributed by atoms with Gasteiger partial charge in [-0.15, -0.1) is 0 Å². The van der Waals surface area contributed by atoms with Crippen LogP contribution in [-0.4, -0.2) is 52.2 Å². The van der Waals surface area contributed by atoms with Crippen LogP contribution in [0.3, 0.4) is 0 Å². The van der Waals surface area contributed by atoms with Gasteiger partial charge in [-0.1, -0.05) is 17.8 Å². The number of anilines is 2. The van der Waals surface area contributed by atoms with Gasteiger partial charge in [0.2, 0.25) is 0 Å². The predicted octanol–water partition coefficient (Wildman–Crippen LogP) is 3.00. The second kappa shape index (κ2) is 8.24. The van der Waals surface area contributed by atoms with Crippen LogP contribution in [0.25, 0.3) is 0 Å². The lowest BCUT2D eigenvalue weighted by Crippen LogP contribution is -2.34. The van der Waals surface area contributed by atoms with Crippen LogP contribution in [0.5, 0.6) is 0 Å². The molecule has 7 nitrogen and oxygen atoms in total. The molecule has 0 saturated carbocycles. The normalized spacial score (nSPS) is 17.0. The first-order valence-electron chi connectivity index (χ1n) is 9.08. The van der Waals surface area contributed by atoms with E-state index in [1.54, 1.807) is 24.2 Å². The van der Waals surface area contributed by atoms with Crippen LogP contribution in [0.15, 0.2) is 40.5 Å². The summed E-state index contributed by atoms with van der Waals surface area (Å²) >= 11 is 1.64. The zero-order valence-corrected chi connectivity index (χ0v) is 15.7. The molecular weight excluding hydrogens is 364 g/mol. The highest BCUT2D eigenvalue weighted by Gasteiger charge is 2.21. The topological polar surface area (TPSA) is 87.6 Å². The first-order chi connectivity index (χ1) is 13.2. The molecule has 2 aromatic rings. The van der Waals surface area contributed by atoms with Gasteiger partial charge in [-0.25, -0.2) is 14.8 Å². The summed E-state index contributed by atoms with van der Waals surface area (Å²) in [5, 5.41) is 12.9. The molecule has 0 aliphatic carbocycles. The van der Waals surface area contributed by atoms with Crippen molar-refractivity contribution >= 4 is 29.2 Å². The van der Waals surface area contributed by atoms with Crippen LogP contribution in [0.1, 0.15) is 18.4 Å². The van der Waals surface area contributed by atoms with Gasteiger partial charge in [0.1, 0.15) is 11.6 Å². The van der Waals surface area contributed by atoms with Crippen LogP contribution >= 0.6 is 11.8 Å². The Labute approximate surface area is 162 Å². The van der Waals surface area contributed by atoms with E-state index in [9.17, 15) is 4.79 Å². The number of hydrogen-bond acceptors (Lipinski definition) is 7. The van der Waals surface area contributed by atoms with E-state index in [2.05, 4.69) is 38.4 Å². The molecule has 1 fully saturated rings. The number of carboxylic acids is 1. The van der Waals surface area contributed by atoms with Crippen molar-refractivity contribution in [3.63, 3.8) is 0 Å². The fraction of sp³-hybridized carbons (Fsp3) is 0.421. The third-order valence-corrected chi connectivity index (χ3v) is 5.93. The predicted molar refractivity (Wildman–Crippen MR) is 102 cm³/mol. The van der Waals surface area contributed by atoms with Crippen molar-refractivity contribution in [2.75, 3.05) is 31.6 Å². The van der Waals surface area contributed by atoms with E-state index in [1.807, 2.05) is 0 Å². The Hall–Kier alpha value is -2.16. The van der Waals surface area contributed by atoms with Crippen LogP contribution < -0.4 is 5.32 Å². The molecule has 3 heterocycles. The van der Waals surface area contributed by atoms with Crippen molar-refractivity contribution in [1.29, 1.82) is 0 Å². The van der Waals surface area contributed by atoms with E-state index >= 15 is 0 Å². The summed E-state index contributed by atoms with van der Waals surface area (Å²) in [5.41, 5.74) is 2.36. The van der Waals surface area contributed by atoms with Gasteiger partial charge < -0.3 is 15.2 Å². The maximum Gasteiger partial charge on any atom is 0.329 e. The number of carboxylic acid groups (broad SMARTS) is 1. The molecule has 1 saturated heterocycles. The van der Waals surface area contributed by atoms with Gasteiger partial charge in [0, 0.05) is 23.8 Å². The van der Waals surface area contributed by atoms with Gasteiger partial charge in [0.05, 0.1) is 12.3 Å². The van der Waals surface area contributed by atoms with E-state index in [0.717, 1.165) is 49.0 Å². The first kappa shape index (κ1) is 18.2. The lowest BCUT2D eigenvalue weighted by atomic mass is 9.97. The molecule has 0 amide bonds. The number of nitrogens with one attached hydrogen (secondary N) is 1. The lowest BCUT2D eigenvalue weighted by Gasteiger charge is -2.32. The minimum atomic E-state index is -0.903. The van der Waals surface area contributed by atoms with Gasteiger partial charge in [0.15, 0.2) is 5.82 Å². The Morgan fingerprint density at radius 2 is 2.11 bits per heavy atom. The first-order valence-corrected chi connectivity index (χ1v) is 9.90. The fourth-order valence-electron chi connectivity index (χ4n) is 3.46. The highest BCUT2D eigenvalue weighted by Crippen LogP contribution is 2.42. The third-order valence-electron chi connectivity index (χ3n) is 4.86. The van der Waals surface area contributed by atoms with Crippen LogP contribution in [0.2, 0.25) is 0 Å². The van der Waals surface area contributed by atoms with Crippen LogP contribution in [0, 0.1) is 5.92 Å². The van der Waals surface area contributed by atoms with Crippen LogP contribution in [-0.2, 0) is 16.1 Å². The SMILES string of the molecule is O=C(O)COCC1CCN(Cc2ccc3c(c2)Nc2nccnc2S3)CC1. The van der Waals surface area contributed by atoms with Gasteiger partial charge in [-0.3, -0.25) is 4.90 Å². The number of hydrogen-bond donors (Lipinski definition) is 2. The zero-order chi connectivity index (χ0) is 18.6. The lowest BCUT2D eigenvalue weighted by molar-refractivity contribution is -0.142. The molecule has 4 rings (SSSR count). The molecule has 2 aliphatic rings. The molecule has 27 heavy (non-hydrogen) atoms. The number of piperidine rings is 1. The fourth-order valence-corrected chi connectivity index (χ4v) is 4.34. The molecular formula is C19H22N4O3S. The minimum absolute atomic E-state index is 0.201. The average Bonchev–Trinajstić information content (AvgIpc) is 2.67. The van der Waals surface area contributed by atoms with Gasteiger partial charge in [-0.2, -0.15) is 0 Å². The summed E-state index contributed by atoms with van der Waals surface area (Å²) in [5.74, 6) is 0.367. The molecule has 0 radical (unpaired) electrons. The van der Waals surface area contributed by atoms with Crippen molar-refractivity contribution in [2.24, 2.45) is 5.92 Å².